The van der Waals surface area contributed by atoms with Crippen LogP contribution in [0.25, 0.3) is 0 Å². The zero-order valence-corrected chi connectivity index (χ0v) is 12.6. The highest BCUT2D eigenvalue weighted by molar-refractivity contribution is 7.87. The van der Waals surface area contributed by atoms with E-state index in [1.165, 1.54) is 4.31 Å². The van der Waals surface area contributed by atoms with Crippen LogP contribution in [0.3, 0.4) is 0 Å². The number of rotatable bonds is 10. The van der Waals surface area contributed by atoms with E-state index < -0.39 is 10.2 Å². The Morgan fingerprint density at radius 3 is 2.50 bits per heavy atom. The molecular weight excluding hydrogens is 278 g/mol. The fraction of sp³-hybridized carbons (Fsp3) is 1.00. The standard InChI is InChI=1S/C10H23N3O3S.ClH/c1-13(9-10-3-4-10)17(14,15)12-6-5-11-7-8-16-2;/h10-12H,3-9H2,1-2H3;1H. The first-order chi connectivity index (χ1) is 8.06. The molecule has 6 nitrogen and oxygen atoms in total. The highest BCUT2D eigenvalue weighted by Gasteiger charge is 2.27. The van der Waals surface area contributed by atoms with E-state index >= 15 is 0 Å². The van der Waals surface area contributed by atoms with Crippen molar-refractivity contribution in [2.75, 3.05) is 46.9 Å². The number of nitrogens with zero attached hydrogens (tertiary/aromatic N) is 1. The number of ether oxygens (including phenoxy) is 1. The SMILES string of the molecule is COCCNCCNS(=O)(=O)N(C)CC1CC1.Cl. The Morgan fingerprint density at radius 2 is 1.94 bits per heavy atom. The van der Waals surface area contributed by atoms with Crippen LogP contribution in [-0.4, -0.2) is 59.7 Å². The number of hydrogen-bond donors (Lipinski definition) is 2. The highest BCUT2D eigenvalue weighted by atomic mass is 35.5. The van der Waals surface area contributed by atoms with Gasteiger partial charge in [-0.1, -0.05) is 0 Å². The molecule has 1 fully saturated rings. The summed E-state index contributed by atoms with van der Waals surface area (Å²) in [5.74, 6) is 0.566. The largest absolute Gasteiger partial charge is 0.383 e. The lowest BCUT2D eigenvalue weighted by Gasteiger charge is -2.17. The lowest BCUT2D eigenvalue weighted by atomic mass is 10.4. The van der Waals surface area contributed by atoms with E-state index in [2.05, 4.69) is 10.0 Å². The van der Waals surface area contributed by atoms with E-state index in [-0.39, 0.29) is 12.4 Å². The molecule has 0 atom stereocenters. The van der Waals surface area contributed by atoms with Gasteiger partial charge in [0.1, 0.15) is 0 Å². The topological polar surface area (TPSA) is 70.7 Å². The van der Waals surface area contributed by atoms with Crippen LogP contribution in [0, 0.1) is 5.92 Å². The van der Waals surface area contributed by atoms with E-state index in [4.69, 9.17) is 4.74 Å². The molecule has 1 aliphatic rings. The molecule has 0 aromatic rings. The van der Waals surface area contributed by atoms with Crippen LogP contribution in [0.5, 0.6) is 0 Å². The summed E-state index contributed by atoms with van der Waals surface area (Å²) >= 11 is 0. The zero-order valence-electron chi connectivity index (χ0n) is 11.0. The van der Waals surface area contributed by atoms with Gasteiger partial charge >= 0.3 is 0 Å². The van der Waals surface area contributed by atoms with Gasteiger partial charge in [-0.3, -0.25) is 0 Å². The van der Waals surface area contributed by atoms with Crippen LogP contribution in [0.4, 0.5) is 0 Å². The monoisotopic (exact) mass is 301 g/mol. The van der Waals surface area contributed by atoms with E-state index in [0.29, 0.717) is 32.2 Å². The third-order valence-electron chi connectivity index (χ3n) is 2.69. The summed E-state index contributed by atoms with van der Waals surface area (Å²) in [6, 6.07) is 0. The van der Waals surface area contributed by atoms with Crippen LogP contribution >= 0.6 is 12.4 Å². The Balaban J connectivity index is 0.00000289. The predicted octanol–water partition coefficient (Wildman–Crippen LogP) is -0.180. The van der Waals surface area contributed by atoms with Gasteiger partial charge in [0, 0.05) is 40.3 Å². The molecule has 0 unspecified atom stereocenters. The number of nitrogens with one attached hydrogen (secondary N) is 2. The van der Waals surface area contributed by atoms with Crippen molar-refractivity contribution in [1.82, 2.24) is 14.3 Å². The summed E-state index contributed by atoms with van der Waals surface area (Å²) < 4.78 is 32.3. The molecule has 1 saturated carbocycles. The first-order valence-corrected chi connectivity index (χ1v) is 7.41. The van der Waals surface area contributed by atoms with Gasteiger partial charge in [0.2, 0.25) is 0 Å². The summed E-state index contributed by atoms with van der Waals surface area (Å²) in [5, 5.41) is 3.08. The van der Waals surface area contributed by atoms with Gasteiger partial charge in [0.25, 0.3) is 10.2 Å². The Labute approximate surface area is 116 Å². The van der Waals surface area contributed by atoms with Crippen LogP contribution in [-0.2, 0) is 14.9 Å². The van der Waals surface area contributed by atoms with Crippen molar-refractivity contribution in [1.29, 1.82) is 0 Å². The molecule has 8 heteroatoms. The van der Waals surface area contributed by atoms with Crippen molar-refractivity contribution in [3.05, 3.63) is 0 Å². The number of halogens is 1. The number of hydrogen-bond acceptors (Lipinski definition) is 4. The maximum atomic E-state index is 11.7. The van der Waals surface area contributed by atoms with Crippen LogP contribution in [0.1, 0.15) is 12.8 Å². The lowest BCUT2D eigenvalue weighted by Crippen LogP contribution is -2.42. The molecule has 0 spiro atoms. The van der Waals surface area contributed by atoms with E-state index in [1.807, 2.05) is 0 Å². The van der Waals surface area contributed by atoms with E-state index in [1.54, 1.807) is 14.2 Å². The second-order valence-electron chi connectivity index (χ2n) is 4.37. The maximum Gasteiger partial charge on any atom is 0.279 e. The molecule has 0 bridgehead atoms. The minimum absolute atomic E-state index is 0. The van der Waals surface area contributed by atoms with Crippen LogP contribution in [0.2, 0.25) is 0 Å². The molecule has 0 amide bonds. The van der Waals surface area contributed by atoms with Gasteiger partial charge in [0.15, 0.2) is 0 Å². The average Bonchev–Trinajstić information content (AvgIpc) is 3.07. The molecule has 110 valence electrons. The van der Waals surface area contributed by atoms with Crippen LogP contribution in [0.15, 0.2) is 0 Å². The van der Waals surface area contributed by atoms with Gasteiger partial charge in [-0.05, 0) is 18.8 Å². The summed E-state index contributed by atoms with van der Waals surface area (Å²) in [7, 11) is -0.0359. The molecule has 0 saturated heterocycles. The lowest BCUT2D eigenvalue weighted by molar-refractivity contribution is 0.199. The first kappa shape index (κ1) is 18.1. The smallest absolute Gasteiger partial charge is 0.279 e. The Bertz CT molecular complexity index is 309. The van der Waals surface area contributed by atoms with Gasteiger partial charge in [-0.15, -0.1) is 12.4 Å². The van der Waals surface area contributed by atoms with Gasteiger partial charge in [-0.2, -0.15) is 12.7 Å². The zero-order chi connectivity index (χ0) is 12.7. The first-order valence-electron chi connectivity index (χ1n) is 5.97. The molecule has 1 aliphatic carbocycles. The minimum atomic E-state index is -3.30. The second-order valence-corrected chi connectivity index (χ2v) is 6.23. The normalized spacial score (nSPS) is 15.7. The molecule has 2 N–H and O–H groups in total. The fourth-order valence-corrected chi connectivity index (χ4v) is 2.43. The van der Waals surface area contributed by atoms with Crippen molar-refractivity contribution in [3.63, 3.8) is 0 Å². The second kappa shape index (κ2) is 9.06. The van der Waals surface area contributed by atoms with Gasteiger partial charge < -0.3 is 10.1 Å². The average molecular weight is 302 g/mol. The molecule has 0 aromatic carbocycles. The molecule has 0 aromatic heterocycles. The van der Waals surface area contributed by atoms with Crippen molar-refractivity contribution in [2.45, 2.75) is 12.8 Å². The summed E-state index contributed by atoms with van der Waals surface area (Å²) in [6.45, 7) is 3.01. The summed E-state index contributed by atoms with van der Waals surface area (Å²) in [5.41, 5.74) is 0. The fourth-order valence-electron chi connectivity index (χ4n) is 1.44. The van der Waals surface area contributed by atoms with Crippen molar-refractivity contribution in [2.24, 2.45) is 5.92 Å². The Morgan fingerprint density at radius 1 is 1.28 bits per heavy atom. The van der Waals surface area contributed by atoms with Crippen molar-refractivity contribution < 1.29 is 13.2 Å². The molecular formula is C10H24ClN3O3S. The van der Waals surface area contributed by atoms with E-state index in [9.17, 15) is 8.42 Å². The molecule has 1 rings (SSSR count). The molecule has 0 radical (unpaired) electrons. The van der Waals surface area contributed by atoms with E-state index in [0.717, 1.165) is 19.4 Å². The Kier molecular flexibility index (Phi) is 9.10. The Hall–Kier alpha value is 0.0800. The summed E-state index contributed by atoms with van der Waals surface area (Å²) in [6.07, 6.45) is 2.30. The van der Waals surface area contributed by atoms with Gasteiger partial charge in [0.05, 0.1) is 6.61 Å². The maximum absolute atomic E-state index is 11.7. The molecule has 18 heavy (non-hydrogen) atoms. The van der Waals surface area contributed by atoms with Crippen molar-refractivity contribution >= 4 is 22.6 Å². The quantitative estimate of drug-likeness (QED) is 0.549. The minimum Gasteiger partial charge on any atom is -0.383 e. The van der Waals surface area contributed by atoms with Gasteiger partial charge in [-0.25, -0.2) is 4.72 Å². The number of methoxy groups -OCH3 is 1. The third-order valence-corrected chi connectivity index (χ3v) is 4.23. The predicted molar refractivity (Wildman–Crippen MR) is 74.3 cm³/mol. The molecule has 0 heterocycles. The van der Waals surface area contributed by atoms with Crippen molar-refractivity contribution in [3.8, 4) is 0 Å². The third kappa shape index (κ3) is 7.50. The molecule has 0 aliphatic heterocycles. The van der Waals surface area contributed by atoms with Crippen LogP contribution < -0.4 is 10.0 Å². The highest BCUT2D eigenvalue weighted by Crippen LogP contribution is 2.29. The summed E-state index contributed by atoms with van der Waals surface area (Å²) in [4.78, 5) is 0.